The van der Waals surface area contributed by atoms with Crippen molar-refractivity contribution in [3.63, 3.8) is 0 Å². The topological polar surface area (TPSA) is 31.2 Å². The number of aliphatic imine (C=N–C) groups is 2. The van der Waals surface area contributed by atoms with E-state index in [4.69, 9.17) is 0 Å². The molecule has 0 aromatic carbocycles. The van der Waals surface area contributed by atoms with Crippen LogP contribution in [0.3, 0.4) is 0 Å². The predicted molar refractivity (Wildman–Crippen MR) is 91.1 cm³/mol. The van der Waals surface area contributed by atoms with E-state index in [0.717, 1.165) is 38.8 Å². The molecule has 0 saturated heterocycles. The molecule has 0 aromatic rings. The molecule has 0 bridgehead atoms. The minimum Gasteiger partial charge on any atom is -0.284 e. The molecule has 2 unspecified atom stereocenters. The van der Waals surface area contributed by atoms with Crippen molar-refractivity contribution in [2.24, 2.45) is 9.98 Å². The largest absolute Gasteiger partial charge is 0.284 e. The van der Waals surface area contributed by atoms with Crippen molar-refractivity contribution >= 4 is 18.4 Å². The summed E-state index contributed by atoms with van der Waals surface area (Å²) in [6.07, 6.45) is 4.71. The Kier molecular flexibility index (Phi) is 14.8. The Morgan fingerprint density at radius 3 is 1.40 bits per heavy atom. The van der Waals surface area contributed by atoms with Gasteiger partial charge < -0.3 is 0 Å². The van der Waals surface area contributed by atoms with Crippen molar-refractivity contribution in [2.75, 3.05) is 27.2 Å². The molecular weight excluding hydrogens is 272 g/mol. The fourth-order valence-electron chi connectivity index (χ4n) is 2.17. The lowest BCUT2D eigenvalue weighted by Crippen LogP contribution is -2.31. The van der Waals surface area contributed by atoms with Crippen LogP contribution in [0, 0.1) is 0 Å². The molecule has 4 nitrogen and oxygen atoms in total. The van der Waals surface area contributed by atoms with Gasteiger partial charge in [0.2, 0.25) is 0 Å². The minimum atomic E-state index is 0. The summed E-state index contributed by atoms with van der Waals surface area (Å²) in [5.41, 5.74) is 0. The number of halogens is 1. The summed E-state index contributed by atoms with van der Waals surface area (Å²) in [4.78, 5) is 13.5. The van der Waals surface area contributed by atoms with Crippen LogP contribution in [0.1, 0.15) is 53.4 Å². The van der Waals surface area contributed by atoms with Crippen LogP contribution in [-0.4, -0.2) is 55.3 Å². The summed E-state index contributed by atoms with van der Waals surface area (Å²) in [5.74, 6) is 0. The molecular formula is C15H33ClN4. The molecule has 0 saturated carbocycles. The molecule has 0 rings (SSSR count). The van der Waals surface area contributed by atoms with E-state index in [-0.39, 0.29) is 24.7 Å². The number of rotatable bonds is 10. The van der Waals surface area contributed by atoms with Gasteiger partial charge in [-0.2, -0.15) is 0 Å². The van der Waals surface area contributed by atoms with Gasteiger partial charge in [0.15, 0.2) is 0 Å². The van der Waals surface area contributed by atoms with Crippen LogP contribution in [0.5, 0.6) is 0 Å². The maximum Gasteiger partial charge on any atom is 0.112 e. The van der Waals surface area contributed by atoms with E-state index >= 15 is 0 Å². The standard InChI is InChI=1S/C15H32N4.ClH/c1-7-11-18(5)14(9-3)16-13-17-15(10-4)19(6)12-8-2;/h14-15H,7-12H2,1-6H3;1H. The van der Waals surface area contributed by atoms with Crippen molar-refractivity contribution in [3.8, 4) is 0 Å². The first-order chi connectivity index (χ1) is 9.10. The highest BCUT2D eigenvalue weighted by atomic mass is 35.5. The Balaban J connectivity index is 0. The van der Waals surface area contributed by atoms with Crippen LogP contribution in [0.2, 0.25) is 0 Å². The maximum atomic E-state index is 4.47. The molecule has 2 atom stereocenters. The van der Waals surface area contributed by atoms with Crippen LogP contribution in [0.25, 0.3) is 0 Å². The van der Waals surface area contributed by atoms with Gasteiger partial charge in [0, 0.05) is 0 Å². The zero-order valence-electron chi connectivity index (χ0n) is 14.1. The molecule has 0 aliphatic heterocycles. The lowest BCUT2D eigenvalue weighted by atomic mass is 10.3. The van der Waals surface area contributed by atoms with Crippen molar-refractivity contribution < 1.29 is 0 Å². The molecule has 0 radical (unpaired) electrons. The second-order valence-electron chi connectivity index (χ2n) is 5.10. The summed E-state index contributed by atoms with van der Waals surface area (Å²) < 4.78 is 0. The summed E-state index contributed by atoms with van der Waals surface area (Å²) in [5, 5.41) is 0. The van der Waals surface area contributed by atoms with Crippen molar-refractivity contribution in [2.45, 2.75) is 65.7 Å². The molecule has 0 spiro atoms. The average molecular weight is 305 g/mol. The summed E-state index contributed by atoms with van der Waals surface area (Å²) >= 11 is 0. The van der Waals surface area contributed by atoms with Crippen LogP contribution < -0.4 is 0 Å². The Morgan fingerprint density at radius 1 is 0.800 bits per heavy atom. The van der Waals surface area contributed by atoms with Gasteiger partial charge in [-0.05, 0) is 52.9 Å². The van der Waals surface area contributed by atoms with Gasteiger partial charge in [-0.1, -0.05) is 27.7 Å². The first kappa shape index (κ1) is 21.9. The molecule has 0 amide bonds. The van der Waals surface area contributed by atoms with E-state index in [2.05, 4.69) is 67.6 Å². The van der Waals surface area contributed by atoms with Gasteiger partial charge in [-0.3, -0.25) is 9.80 Å². The van der Waals surface area contributed by atoms with Gasteiger partial charge in [0.1, 0.15) is 12.3 Å². The van der Waals surface area contributed by atoms with Crippen LogP contribution in [0.15, 0.2) is 9.98 Å². The van der Waals surface area contributed by atoms with E-state index in [0.29, 0.717) is 0 Å². The fourth-order valence-corrected chi connectivity index (χ4v) is 2.17. The third-order valence-corrected chi connectivity index (χ3v) is 3.31. The second kappa shape index (κ2) is 13.6. The molecule has 20 heavy (non-hydrogen) atoms. The first-order valence-corrected chi connectivity index (χ1v) is 7.65. The van der Waals surface area contributed by atoms with Gasteiger partial charge in [0.25, 0.3) is 0 Å². The smallest absolute Gasteiger partial charge is 0.112 e. The normalized spacial score (nSPS) is 13.6. The quantitative estimate of drug-likeness (QED) is 0.576. The van der Waals surface area contributed by atoms with Crippen LogP contribution in [0.4, 0.5) is 0 Å². The van der Waals surface area contributed by atoms with E-state index in [1.807, 2.05) is 0 Å². The van der Waals surface area contributed by atoms with Gasteiger partial charge in [-0.15, -0.1) is 12.4 Å². The third kappa shape index (κ3) is 8.70. The monoisotopic (exact) mass is 304 g/mol. The summed E-state index contributed by atoms with van der Waals surface area (Å²) in [6, 6.07) is 2.93. The lowest BCUT2D eigenvalue weighted by molar-refractivity contribution is 0.239. The fraction of sp³-hybridized carbons (Fsp3) is 0.933. The third-order valence-electron chi connectivity index (χ3n) is 3.31. The van der Waals surface area contributed by atoms with E-state index in [9.17, 15) is 0 Å². The highest BCUT2D eigenvalue weighted by molar-refractivity contribution is 5.85. The van der Waals surface area contributed by atoms with Crippen LogP contribution in [-0.2, 0) is 0 Å². The molecule has 5 heteroatoms. The number of hydrogen-bond donors (Lipinski definition) is 0. The Bertz CT molecular complexity index is 253. The molecule has 120 valence electrons. The highest BCUT2D eigenvalue weighted by Gasteiger charge is 2.10. The number of hydrogen-bond acceptors (Lipinski definition) is 4. The van der Waals surface area contributed by atoms with E-state index in [1.54, 1.807) is 0 Å². The Morgan fingerprint density at radius 2 is 1.15 bits per heavy atom. The zero-order chi connectivity index (χ0) is 14.7. The average Bonchev–Trinajstić information content (AvgIpc) is 2.39. The Labute approximate surface area is 131 Å². The zero-order valence-corrected chi connectivity index (χ0v) is 14.9. The highest BCUT2D eigenvalue weighted by Crippen LogP contribution is 2.05. The summed E-state index contributed by atoms with van der Waals surface area (Å²) in [6.45, 7) is 10.8. The van der Waals surface area contributed by atoms with Gasteiger partial charge in [0.05, 0.1) is 6.01 Å². The molecule has 0 N–H and O–H groups in total. The van der Waals surface area contributed by atoms with E-state index < -0.39 is 0 Å². The SMILES string of the molecule is CCCN(C)C(CC)N=C=NC(CC)N(C)CCC.Cl. The molecule has 0 aromatic heterocycles. The van der Waals surface area contributed by atoms with Crippen LogP contribution >= 0.6 is 12.4 Å². The second-order valence-corrected chi connectivity index (χ2v) is 5.10. The first-order valence-electron chi connectivity index (χ1n) is 7.65. The molecule has 0 aliphatic carbocycles. The minimum absolute atomic E-state index is 0. The van der Waals surface area contributed by atoms with Crippen molar-refractivity contribution in [3.05, 3.63) is 0 Å². The van der Waals surface area contributed by atoms with Gasteiger partial charge >= 0.3 is 0 Å². The summed E-state index contributed by atoms with van der Waals surface area (Å²) in [7, 11) is 4.23. The number of nitrogens with zero attached hydrogens (tertiary/aromatic N) is 4. The molecule has 0 fully saturated rings. The van der Waals surface area contributed by atoms with E-state index in [1.165, 1.54) is 0 Å². The van der Waals surface area contributed by atoms with Crippen molar-refractivity contribution in [1.29, 1.82) is 0 Å². The predicted octanol–water partition coefficient (Wildman–Crippen LogP) is 3.74. The molecule has 0 aliphatic rings. The lowest BCUT2D eigenvalue weighted by Gasteiger charge is -2.22. The molecule has 0 heterocycles. The van der Waals surface area contributed by atoms with Gasteiger partial charge in [-0.25, -0.2) is 9.98 Å². The Hall–Kier alpha value is -0.410. The maximum absolute atomic E-state index is 4.47. The van der Waals surface area contributed by atoms with Crippen molar-refractivity contribution in [1.82, 2.24) is 9.80 Å².